The van der Waals surface area contributed by atoms with Gasteiger partial charge in [0.05, 0.1) is 12.6 Å². The summed E-state index contributed by atoms with van der Waals surface area (Å²) in [6.45, 7) is 1.37. The van der Waals surface area contributed by atoms with E-state index in [4.69, 9.17) is 19.4 Å². The Morgan fingerprint density at radius 3 is 2.66 bits per heavy atom. The van der Waals surface area contributed by atoms with Crippen LogP contribution in [0.4, 0.5) is 16.0 Å². The van der Waals surface area contributed by atoms with Gasteiger partial charge in [0.25, 0.3) is 0 Å². The van der Waals surface area contributed by atoms with Gasteiger partial charge < -0.3 is 19.7 Å². The van der Waals surface area contributed by atoms with Crippen LogP contribution in [0.3, 0.4) is 0 Å². The molecule has 0 amide bonds. The second-order valence-corrected chi connectivity index (χ2v) is 8.05. The summed E-state index contributed by atoms with van der Waals surface area (Å²) < 4.78 is 25.2. The van der Waals surface area contributed by atoms with E-state index in [1.165, 1.54) is 13.2 Å². The number of nitrogens with one attached hydrogen (secondary N) is 1. The number of pyridine rings is 1. The lowest BCUT2D eigenvalue weighted by molar-refractivity contribution is 0.163. The van der Waals surface area contributed by atoms with Crippen LogP contribution in [0.15, 0.2) is 30.5 Å². The number of nitriles is 1. The zero-order valence-corrected chi connectivity index (χ0v) is 17.7. The number of benzene rings is 1. The molecule has 1 N–H and O–H groups in total. The number of piperidine rings is 1. The van der Waals surface area contributed by atoms with Gasteiger partial charge in [-0.3, -0.25) is 0 Å². The highest BCUT2D eigenvalue weighted by Crippen LogP contribution is 2.33. The molecule has 164 valence electrons. The normalized spacial score (nSPS) is 16.6. The third-order valence-electron chi connectivity index (χ3n) is 5.76. The lowest BCUT2D eigenvalue weighted by Crippen LogP contribution is -2.39. The third kappa shape index (κ3) is 4.08. The number of aromatic nitrogens is 3. The molecule has 0 atom stereocenters. The molecule has 8 nitrogen and oxygen atoms in total. The standard InChI is InChI=1S/C23H23FN6O2/c1-31-16-4-5-20(17(24)12-16)32-15-7-10-30(11-8-15)23-22(27-14-2-3-14)28-18-6-9-26-19(13-25)21(18)29-23/h4-6,9,12,14-15H,2-3,7-8,10-11H2,1H3,(H,27,28). The van der Waals surface area contributed by atoms with Gasteiger partial charge in [-0.15, -0.1) is 0 Å². The van der Waals surface area contributed by atoms with Crippen molar-refractivity contribution in [2.45, 2.75) is 37.8 Å². The Kier molecular flexibility index (Phi) is 5.35. The maximum Gasteiger partial charge on any atom is 0.172 e. The predicted molar refractivity (Wildman–Crippen MR) is 118 cm³/mol. The quantitative estimate of drug-likeness (QED) is 0.628. The lowest BCUT2D eigenvalue weighted by Gasteiger charge is -2.33. The molecule has 0 unspecified atom stereocenters. The van der Waals surface area contributed by atoms with E-state index >= 15 is 0 Å². The van der Waals surface area contributed by atoms with E-state index in [2.05, 4.69) is 21.3 Å². The van der Waals surface area contributed by atoms with E-state index in [9.17, 15) is 9.65 Å². The Morgan fingerprint density at radius 1 is 1.16 bits per heavy atom. The summed E-state index contributed by atoms with van der Waals surface area (Å²) in [5, 5.41) is 12.9. The zero-order valence-electron chi connectivity index (χ0n) is 17.7. The van der Waals surface area contributed by atoms with Crippen molar-refractivity contribution in [1.82, 2.24) is 15.0 Å². The molecule has 3 heterocycles. The number of methoxy groups -OCH3 is 1. The predicted octanol–water partition coefficient (Wildman–Crippen LogP) is 3.67. The number of hydrogen-bond acceptors (Lipinski definition) is 8. The molecule has 2 fully saturated rings. The van der Waals surface area contributed by atoms with Gasteiger partial charge in [0.2, 0.25) is 0 Å². The van der Waals surface area contributed by atoms with Gasteiger partial charge in [0.1, 0.15) is 23.4 Å². The van der Waals surface area contributed by atoms with Gasteiger partial charge in [-0.25, -0.2) is 19.3 Å². The first-order valence-electron chi connectivity index (χ1n) is 10.7. The van der Waals surface area contributed by atoms with E-state index in [-0.39, 0.29) is 17.5 Å². The van der Waals surface area contributed by atoms with Crippen LogP contribution in [-0.2, 0) is 0 Å². The summed E-state index contributed by atoms with van der Waals surface area (Å²) in [4.78, 5) is 15.8. The Hall–Kier alpha value is -3.67. The third-order valence-corrected chi connectivity index (χ3v) is 5.76. The molecule has 2 aliphatic rings. The molecule has 0 bridgehead atoms. The van der Waals surface area contributed by atoms with Crippen molar-refractivity contribution < 1.29 is 13.9 Å². The fraction of sp³-hybridized carbons (Fsp3) is 0.391. The molecule has 1 saturated heterocycles. The number of rotatable bonds is 6. The second kappa shape index (κ2) is 8.46. The first-order chi connectivity index (χ1) is 15.6. The lowest BCUT2D eigenvalue weighted by atomic mass is 10.1. The molecule has 2 aromatic heterocycles. The molecule has 0 spiro atoms. The van der Waals surface area contributed by atoms with Crippen molar-refractivity contribution in [2.75, 3.05) is 30.4 Å². The first-order valence-corrected chi connectivity index (χ1v) is 10.7. The minimum atomic E-state index is -0.431. The Labute approximate surface area is 185 Å². The molecular weight excluding hydrogens is 411 g/mol. The molecule has 1 aromatic carbocycles. The Bertz CT molecular complexity index is 1190. The van der Waals surface area contributed by atoms with Crippen molar-refractivity contribution in [3.8, 4) is 17.6 Å². The molecule has 1 aliphatic heterocycles. The molecule has 5 rings (SSSR count). The van der Waals surface area contributed by atoms with Crippen LogP contribution < -0.4 is 19.7 Å². The van der Waals surface area contributed by atoms with Crippen LogP contribution in [0.5, 0.6) is 11.5 Å². The van der Waals surface area contributed by atoms with Crippen molar-refractivity contribution in [1.29, 1.82) is 5.26 Å². The monoisotopic (exact) mass is 434 g/mol. The number of ether oxygens (including phenoxy) is 2. The molecule has 9 heteroatoms. The number of nitrogens with zero attached hydrogens (tertiary/aromatic N) is 5. The first kappa shape index (κ1) is 20.2. The number of fused-ring (bicyclic) bond motifs is 1. The van der Waals surface area contributed by atoms with Gasteiger partial charge in [0.15, 0.2) is 28.9 Å². The summed E-state index contributed by atoms with van der Waals surface area (Å²) in [6, 6.07) is 8.90. The Balaban J connectivity index is 1.35. The summed E-state index contributed by atoms with van der Waals surface area (Å²) in [6.07, 6.45) is 5.14. The van der Waals surface area contributed by atoms with Crippen molar-refractivity contribution in [2.24, 2.45) is 0 Å². The van der Waals surface area contributed by atoms with Gasteiger partial charge in [-0.1, -0.05) is 0 Å². The fourth-order valence-corrected chi connectivity index (χ4v) is 3.86. The summed E-state index contributed by atoms with van der Waals surface area (Å²) in [7, 11) is 1.50. The van der Waals surface area contributed by atoms with Gasteiger partial charge in [-0.05, 0) is 31.0 Å². The maximum atomic E-state index is 14.3. The molecule has 1 saturated carbocycles. The van der Waals surface area contributed by atoms with E-state index in [0.29, 0.717) is 48.8 Å². The summed E-state index contributed by atoms with van der Waals surface area (Å²) in [5.41, 5.74) is 1.42. The van der Waals surface area contributed by atoms with Gasteiger partial charge in [0, 0.05) is 44.2 Å². The van der Waals surface area contributed by atoms with Gasteiger partial charge >= 0.3 is 0 Å². The number of halogens is 1. The average molecular weight is 434 g/mol. The minimum Gasteiger partial charge on any atom is -0.497 e. The highest BCUT2D eigenvalue weighted by Gasteiger charge is 2.28. The Morgan fingerprint density at radius 2 is 1.97 bits per heavy atom. The van der Waals surface area contributed by atoms with Crippen LogP contribution in [0.2, 0.25) is 0 Å². The van der Waals surface area contributed by atoms with Crippen LogP contribution in [0.1, 0.15) is 31.4 Å². The van der Waals surface area contributed by atoms with Crippen molar-refractivity contribution >= 4 is 22.7 Å². The van der Waals surface area contributed by atoms with Crippen LogP contribution in [0.25, 0.3) is 11.0 Å². The number of anilines is 2. The SMILES string of the molecule is COc1ccc(OC2CCN(c3nc4c(C#N)nccc4nc3NC3CC3)CC2)c(F)c1. The minimum absolute atomic E-state index is 0.0984. The molecular formula is C23H23FN6O2. The summed E-state index contributed by atoms with van der Waals surface area (Å²) >= 11 is 0. The van der Waals surface area contributed by atoms with Crippen LogP contribution in [0, 0.1) is 17.1 Å². The zero-order chi connectivity index (χ0) is 22.1. The van der Waals surface area contributed by atoms with Crippen molar-refractivity contribution in [3.05, 3.63) is 42.0 Å². The van der Waals surface area contributed by atoms with Gasteiger partial charge in [-0.2, -0.15) is 5.26 Å². The highest BCUT2D eigenvalue weighted by molar-refractivity contribution is 5.84. The number of hydrogen-bond donors (Lipinski definition) is 1. The van der Waals surface area contributed by atoms with E-state index in [1.54, 1.807) is 24.4 Å². The topological polar surface area (TPSA) is 96.2 Å². The maximum absolute atomic E-state index is 14.3. The highest BCUT2D eigenvalue weighted by atomic mass is 19.1. The molecule has 3 aromatic rings. The molecule has 1 aliphatic carbocycles. The fourth-order valence-electron chi connectivity index (χ4n) is 3.86. The largest absolute Gasteiger partial charge is 0.497 e. The van der Waals surface area contributed by atoms with Crippen molar-refractivity contribution in [3.63, 3.8) is 0 Å². The molecule has 0 radical (unpaired) electrons. The second-order valence-electron chi connectivity index (χ2n) is 8.05. The summed E-state index contributed by atoms with van der Waals surface area (Å²) in [5.74, 6) is 1.72. The van der Waals surface area contributed by atoms with E-state index < -0.39 is 5.82 Å². The smallest absolute Gasteiger partial charge is 0.172 e. The molecule has 32 heavy (non-hydrogen) atoms. The average Bonchev–Trinajstić information content (AvgIpc) is 3.64. The van der Waals surface area contributed by atoms with Crippen LogP contribution >= 0.6 is 0 Å². The van der Waals surface area contributed by atoms with Crippen LogP contribution in [-0.4, -0.2) is 47.3 Å². The van der Waals surface area contributed by atoms with E-state index in [1.807, 2.05) is 0 Å². The van der Waals surface area contributed by atoms with E-state index in [0.717, 1.165) is 24.5 Å².